The number of halogens is 2. The van der Waals surface area contributed by atoms with Crippen molar-refractivity contribution in [2.24, 2.45) is 0 Å². The quantitative estimate of drug-likeness (QED) is 0.493. The highest BCUT2D eigenvalue weighted by Crippen LogP contribution is 2.02. The summed E-state index contributed by atoms with van der Waals surface area (Å²) in [4.78, 5) is 10.4. The van der Waals surface area contributed by atoms with E-state index in [-0.39, 0.29) is 12.1 Å². The summed E-state index contributed by atoms with van der Waals surface area (Å²) in [5.41, 5.74) is 0. The van der Waals surface area contributed by atoms with Crippen LogP contribution in [0.3, 0.4) is 0 Å². The van der Waals surface area contributed by atoms with E-state index in [2.05, 4.69) is 0 Å². The van der Waals surface area contributed by atoms with Crippen LogP contribution in [-0.2, 0) is 9.53 Å². The Labute approximate surface area is 70.4 Å². The SMILES string of the molecule is CC(=O)O[C@H](CCl)CCCl. The molecular weight excluding hydrogens is 175 g/mol. The summed E-state index contributed by atoms with van der Waals surface area (Å²) in [6, 6.07) is 0. The van der Waals surface area contributed by atoms with Crippen LogP contribution in [0.25, 0.3) is 0 Å². The van der Waals surface area contributed by atoms with Crippen LogP contribution in [0, 0.1) is 0 Å². The van der Waals surface area contributed by atoms with Gasteiger partial charge in [-0.25, -0.2) is 0 Å². The Morgan fingerprint density at radius 2 is 2.20 bits per heavy atom. The second kappa shape index (κ2) is 5.81. The smallest absolute Gasteiger partial charge is 0.302 e. The molecule has 0 saturated carbocycles. The van der Waals surface area contributed by atoms with E-state index in [1.807, 2.05) is 0 Å². The van der Waals surface area contributed by atoms with Gasteiger partial charge in [-0.3, -0.25) is 4.79 Å². The van der Waals surface area contributed by atoms with Gasteiger partial charge in [-0.1, -0.05) is 0 Å². The molecule has 0 radical (unpaired) electrons. The van der Waals surface area contributed by atoms with Crippen molar-refractivity contribution in [3.05, 3.63) is 0 Å². The molecule has 60 valence electrons. The highest BCUT2D eigenvalue weighted by atomic mass is 35.5. The molecule has 0 fully saturated rings. The predicted octanol–water partition coefficient (Wildman–Crippen LogP) is 1.79. The van der Waals surface area contributed by atoms with Gasteiger partial charge in [0.2, 0.25) is 0 Å². The van der Waals surface area contributed by atoms with Crippen molar-refractivity contribution in [1.82, 2.24) is 0 Å². The van der Waals surface area contributed by atoms with E-state index in [9.17, 15) is 4.79 Å². The standard InChI is InChI=1S/C6H10Cl2O2/c1-5(9)10-6(4-8)2-3-7/h6H,2-4H2,1H3/t6-/m0/s1. The minimum atomic E-state index is -0.309. The first kappa shape index (κ1) is 10.0. The maximum absolute atomic E-state index is 10.4. The van der Waals surface area contributed by atoms with Gasteiger partial charge in [-0.2, -0.15) is 0 Å². The lowest BCUT2D eigenvalue weighted by Crippen LogP contribution is -2.18. The van der Waals surface area contributed by atoms with Crippen LogP contribution < -0.4 is 0 Å². The molecule has 0 aliphatic heterocycles. The van der Waals surface area contributed by atoms with Gasteiger partial charge in [0.15, 0.2) is 0 Å². The summed E-state index contributed by atoms with van der Waals surface area (Å²) >= 11 is 10.9. The lowest BCUT2D eigenvalue weighted by atomic mass is 10.3. The van der Waals surface area contributed by atoms with Crippen molar-refractivity contribution in [2.45, 2.75) is 19.4 Å². The summed E-state index contributed by atoms with van der Waals surface area (Å²) in [6.45, 7) is 1.35. The molecule has 0 spiro atoms. The number of ether oxygens (including phenoxy) is 1. The molecule has 0 aliphatic carbocycles. The number of rotatable bonds is 4. The molecule has 0 aromatic heterocycles. The first-order valence-corrected chi connectivity index (χ1v) is 4.06. The van der Waals surface area contributed by atoms with E-state index in [0.29, 0.717) is 18.2 Å². The first-order chi connectivity index (χ1) is 4.70. The van der Waals surface area contributed by atoms with E-state index in [0.717, 1.165) is 0 Å². The number of carbonyl (C=O) groups excluding carboxylic acids is 1. The van der Waals surface area contributed by atoms with Gasteiger partial charge in [-0.15, -0.1) is 23.2 Å². The summed E-state index contributed by atoms with van der Waals surface area (Å²) < 4.78 is 4.78. The molecule has 0 aromatic rings. The summed E-state index contributed by atoms with van der Waals surface area (Å²) in [6.07, 6.45) is 0.390. The highest BCUT2D eigenvalue weighted by Gasteiger charge is 2.08. The Morgan fingerprint density at radius 1 is 1.60 bits per heavy atom. The fraction of sp³-hybridized carbons (Fsp3) is 0.833. The Bertz CT molecular complexity index is 106. The van der Waals surface area contributed by atoms with Crippen molar-refractivity contribution in [3.63, 3.8) is 0 Å². The molecular formula is C6H10Cl2O2. The molecule has 4 heteroatoms. The molecule has 1 atom stereocenters. The van der Waals surface area contributed by atoms with Crippen molar-refractivity contribution in [3.8, 4) is 0 Å². The van der Waals surface area contributed by atoms with E-state index in [1.54, 1.807) is 0 Å². The number of hydrogen-bond donors (Lipinski definition) is 0. The van der Waals surface area contributed by atoms with Crippen molar-refractivity contribution in [2.75, 3.05) is 11.8 Å². The largest absolute Gasteiger partial charge is 0.461 e. The molecule has 0 saturated heterocycles. The van der Waals surface area contributed by atoms with Crippen molar-refractivity contribution in [1.29, 1.82) is 0 Å². The summed E-state index contributed by atoms with van der Waals surface area (Å²) in [5.74, 6) is 0.465. The number of hydrogen-bond acceptors (Lipinski definition) is 2. The summed E-state index contributed by atoms with van der Waals surface area (Å²) in [7, 11) is 0. The van der Waals surface area contributed by atoms with Gasteiger partial charge in [0.1, 0.15) is 6.10 Å². The Morgan fingerprint density at radius 3 is 2.50 bits per heavy atom. The number of alkyl halides is 2. The number of esters is 1. The van der Waals surface area contributed by atoms with Crippen LogP contribution >= 0.6 is 23.2 Å². The zero-order valence-corrected chi connectivity index (χ0v) is 7.28. The monoisotopic (exact) mass is 184 g/mol. The van der Waals surface area contributed by atoms with Crippen LogP contribution in [0.5, 0.6) is 0 Å². The van der Waals surface area contributed by atoms with E-state index in [4.69, 9.17) is 27.9 Å². The minimum Gasteiger partial charge on any atom is -0.461 e. The van der Waals surface area contributed by atoms with E-state index < -0.39 is 0 Å². The van der Waals surface area contributed by atoms with Crippen LogP contribution in [0.4, 0.5) is 0 Å². The maximum Gasteiger partial charge on any atom is 0.302 e. The third-order valence-electron chi connectivity index (χ3n) is 0.936. The minimum absolute atomic E-state index is 0.225. The van der Waals surface area contributed by atoms with E-state index in [1.165, 1.54) is 6.92 Å². The van der Waals surface area contributed by atoms with Gasteiger partial charge >= 0.3 is 5.97 Å². The highest BCUT2D eigenvalue weighted by molar-refractivity contribution is 6.19. The average molecular weight is 185 g/mol. The van der Waals surface area contributed by atoms with Gasteiger partial charge in [0.25, 0.3) is 0 Å². The zero-order chi connectivity index (χ0) is 7.98. The van der Waals surface area contributed by atoms with Crippen molar-refractivity contribution >= 4 is 29.2 Å². The zero-order valence-electron chi connectivity index (χ0n) is 5.77. The topological polar surface area (TPSA) is 26.3 Å². The van der Waals surface area contributed by atoms with Crippen LogP contribution in [0.15, 0.2) is 0 Å². The molecule has 0 heterocycles. The first-order valence-electron chi connectivity index (χ1n) is 2.99. The summed E-state index contributed by atoms with van der Waals surface area (Å²) in [5, 5.41) is 0. The van der Waals surface area contributed by atoms with E-state index >= 15 is 0 Å². The molecule has 0 rings (SSSR count). The maximum atomic E-state index is 10.4. The third-order valence-corrected chi connectivity index (χ3v) is 1.50. The van der Waals surface area contributed by atoms with Crippen LogP contribution in [0.2, 0.25) is 0 Å². The molecule has 0 N–H and O–H groups in total. The molecule has 0 unspecified atom stereocenters. The van der Waals surface area contributed by atoms with Gasteiger partial charge in [-0.05, 0) is 6.42 Å². The lowest BCUT2D eigenvalue weighted by molar-refractivity contribution is -0.145. The lowest BCUT2D eigenvalue weighted by Gasteiger charge is -2.11. The van der Waals surface area contributed by atoms with Crippen LogP contribution in [-0.4, -0.2) is 23.8 Å². The second-order valence-corrected chi connectivity index (χ2v) is 2.55. The molecule has 0 aliphatic rings. The molecule has 10 heavy (non-hydrogen) atoms. The van der Waals surface area contributed by atoms with Gasteiger partial charge in [0, 0.05) is 12.8 Å². The molecule has 0 amide bonds. The molecule has 2 nitrogen and oxygen atoms in total. The normalized spacial score (nSPS) is 12.7. The molecule has 0 aromatic carbocycles. The average Bonchev–Trinajstić information content (AvgIpc) is 1.86. The van der Waals surface area contributed by atoms with Gasteiger partial charge < -0.3 is 4.74 Å². The third kappa shape index (κ3) is 4.89. The van der Waals surface area contributed by atoms with Crippen LogP contribution in [0.1, 0.15) is 13.3 Å². The fourth-order valence-electron chi connectivity index (χ4n) is 0.524. The van der Waals surface area contributed by atoms with Gasteiger partial charge in [0.05, 0.1) is 5.88 Å². The van der Waals surface area contributed by atoms with Crippen molar-refractivity contribution < 1.29 is 9.53 Å². The predicted molar refractivity (Wildman–Crippen MR) is 41.6 cm³/mol. The second-order valence-electron chi connectivity index (χ2n) is 1.86. The Balaban J connectivity index is 3.49. The number of carbonyl (C=O) groups is 1. The fourth-order valence-corrected chi connectivity index (χ4v) is 0.985. The Hall–Kier alpha value is 0.0500. The Kier molecular flexibility index (Phi) is 5.84. The molecule has 0 bridgehead atoms.